The van der Waals surface area contributed by atoms with Crippen LogP contribution in [-0.2, 0) is 0 Å². The van der Waals surface area contributed by atoms with E-state index in [1.807, 2.05) is 18.4 Å². The van der Waals surface area contributed by atoms with Gasteiger partial charge in [-0.3, -0.25) is 9.59 Å². The van der Waals surface area contributed by atoms with Gasteiger partial charge in [0, 0.05) is 17.5 Å². The van der Waals surface area contributed by atoms with Gasteiger partial charge in [0.05, 0.1) is 5.39 Å². The number of nitrogens with one attached hydrogen (secondary N) is 1. The van der Waals surface area contributed by atoms with Crippen molar-refractivity contribution in [2.75, 3.05) is 6.54 Å². The Morgan fingerprint density at radius 3 is 2.87 bits per heavy atom. The van der Waals surface area contributed by atoms with E-state index in [1.54, 1.807) is 24.3 Å². The Morgan fingerprint density at radius 1 is 1.35 bits per heavy atom. The molecule has 2 heterocycles. The maximum absolute atomic E-state index is 12.1. The van der Waals surface area contributed by atoms with Crippen molar-refractivity contribution in [2.24, 2.45) is 0 Å². The third-order valence-electron chi connectivity index (χ3n) is 3.52. The first kappa shape index (κ1) is 15.5. The number of aliphatic hydroxyl groups excluding tert-OH is 1. The molecule has 1 atom stereocenters. The first-order valence-electron chi connectivity index (χ1n) is 7.09. The maximum Gasteiger partial charge on any atom is 0.287 e. The fraction of sp³-hybridized carbons (Fsp3) is 0.176. The lowest BCUT2D eigenvalue weighted by atomic mass is 10.2. The van der Waals surface area contributed by atoms with E-state index in [1.165, 1.54) is 17.4 Å². The van der Waals surface area contributed by atoms with Crippen LogP contribution < -0.4 is 10.7 Å². The van der Waals surface area contributed by atoms with Crippen molar-refractivity contribution in [2.45, 2.75) is 13.0 Å². The highest BCUT2D eigenvalue weighted by Gasteiger charge is 2.16. The fourth-order valence-electron chi connectivity index (χ4n) is 2.31. The normalized spacial score (nSPS) is 12.3. The zero-order valence-electron chi connectivity index (χ0n) is 12.4. The number of benzene rings is 1. The van der Waals surface area contributed by atoms with Crippen molar-refractivity contribution in [3.8, 4) is 0 Å². The van der Waals surface area contributed by atoms with Crippen molar-refractivity contribution < 1.29 is 14.3 Å². The second kappa shape index (κ2) is 6.36. The van der Waals surface area contributed by atoms with Crippen LogP contribution in [0.3, 0.4) is 0 Å². The van der Waals surface area contributed by atoms with Gasteiger partial charge in [-0.2, -0.15) is 0 Å². The number of fused-ring (bicyclic) bond motifs is 1. The average molecular weight is 329 g/mol. The molecule has 3 rings (SSSR count). The Hall–Kier alpha value is -2.44. The van der Waals surface area contributed by atoms with Crippen LogP contribution in [0.15, 0.2) is 51.0 Å². The summed E-state index contributed by atoms with van der Waals surface area (Å²) in [7, 11) is 0. The number of amides is 1. The molecule has 0 spiro atoms. The number of aliphatic hydroxyl groups is 1. The Labute approximate surface area is 136 Å². The lowest BCUT2D eigenvalue weighted by Crippen LogP contribution is -2.29. The van der Waals surface area contributed by atoms with E-state index in [0.29, 0.717) is 11.0 Å². The van der Waals surface area contributed by atoms with Gasteiger partial charge in [-0.15, -0.1) is 11.3 Å². The fourth-order valence-corrected chi connectivity index (χ4v) is 3.22. The van der Waals surface area contributed by atoms with Gasteiger partial charge in [-0.1, -0.05) is 12.1 Å². The number of aryl methyl sites for hydroxylation is 1. The minimum Gasteiger partial charge on any atom is -0.451 e. The Kier molecular flexibility index (Phi) is 4.27. The lowest BCUT2D eigenvalue weighted by molar-refractivity contribution is 0.0891. The zero-order chi connectivity index (χ0) is 16.4. The summed E-state index contributed by atoms with van der Waals surface area (Å²) >= 11 is 1.43. The van der Waals surface area contributed by atoms with Gasteiger partial charge in [-0.05, 0) is 36.1 Å². The number of carbonyl (C=O) groups excluding carboxylic acids is 1. The average Bonchev–Trinajstić information content (AvgIpc) is 2.98. The molecule has 5 nitrogen and oxygen atoms in total. The van der Waals surface area contributed by atoms with E-state index in [4.69, 9.17) is 4.42 Å². The minimum absolute atomic E-state index is 0.0523. The topological polar surface area (TPSA) is 79.5 Å². The standard InChI is InChI=1S/C17H15NO4S/c1-10-6-7-23-16(10)13(20)9-18-17(21)15-8-12(19)11-4-2-3-5-14(11)22-15/h2-8,13,20H,9H2,1H3,(H,18,21). The summed E-state index contributed by atoms with van der Waals surface area (Å²) in [5.74, 6) is -0.593. The van der Waals surface area contributed by atoms with Gasteiger partial charge in [-0.25, -0.2) is 0 Å². The van der Waals surface area contributed by atoms with Crippen LogP contribution in [0.25, 0.3) is 11.0 Å². The van der Waals surface area contributed by atoms with E-state index in [-0.39, 0.29) is 17.7 Å². The monoisotopic (exact) mass is 329 g/mol. The Balaban J connectivity index is 1.76. The number of para-hydroxylation sites is 1. The second-order valence-corrected chi connectivity index (χ2v) is 6.11. The molecule has 2 N–H and O–H groups in total. The molecular weight excluding hydrogens is 314 g/mol. The Bertz CT molecular complexity index is 912. The summed E-state index contributed by atoms with van der Waals surface area (Å²) in [6, 6.07) is 9.83. The molecule has 0 aliphatic carbocycles. The molecule has 1 amide bonds. The van der Waals surface area contributed by atoms with E-state index >= 15 is 0 Å². The molecule has 1 unspecified atom stereocenters. The highest BCUT2D eigenvalue weighted by molar-refractivity contribution is 7.10. The summed E-state index contributed by atoms with van der Waals surface area (Å²) in [6.07, 6.45) is -0.786. The third kappa shape index (κ3) is 3.18. The molecule has 3 aromatic rings. The summed E-state index contributed by atoms with van der Waals surface area (Å²) in [5.41, 5.74) is 1.07. The zero-order valence-corrected chi connectivity index (χ0v) is 13.2. The van der Waals surface area contributed by atoms with Crippen LogP contribution in [0.5, 0.6) is 0 Å². The number of rotatable bonds is 4. The van der Waals surface area contributed by atoms with Crippen molar-refractivity contribution in [1.29, 1.82) is 0 Å². The molecule has 0 fully saturated rings. The van der Waals surface area contributed by atoms with Crippen molar-refractivity contribution >= 4 is 28.2 Å². The summed E-state index contributed by atoms with van der Waals surface area (Å²) in [4.78, 5) is 24.9. The van der Waals surface area contributed by atoms with Crippen LogP contribution in [-0.4, -0.2) is 17.6 Å². The van der Waals surface area contributed by atoms with E-state index < -0.39 is 12.0 Å². The number of carbonyl (C=O) groups is 1. The Morgan fingerprint density at radius 2 is 2.13 bits per heavy atom. The van der Waals surface area contributed by atoms with Crippen molar-refractivity contribution in [3.05, 3.63) is 68.2 Å². The van der Waals surface area contributed by atoms with Gasteiger partial charge in [0.15, 0.2) is 11.2 Å². The molecule has 1 aromatic carbocycles. The third-order valence-corrected chi connectivity index (χ3v) is 4.64. The van der Waals surface area contributed by atoms with E-state index in [9.17, 15) is 14.7 Å². The first-order valence-corrected chi connectivity index (χ1v) is 7.97. The summed E-state index contributed by atoms with van der Waals surface area (Å²) < 4.78 is 5.46. The number of hydrogen-bond acceptors (Lipinski definition) is 5. The smallest absolute Gasteiger partial charge is 0.287 e. The predicted octanol–water partition coefficient (Wildman–Crippen LogP) is 2.63. The van der Waals surface area contributed by atoms with Gasteiger partial charge < -0.3 is 14.8 Å². The molecule has 6 heteroatoms. The van der Waals surface area contributed by atoms with E-state index in [2.05, 4.69) is 5.32 Å². The van der Waals surface area contributed by atoms with Crippen LogP contribution in [0.1, 0.15) is 27.1 Å². The predicted molar refractivity (Wildman–Crippen MR) is 88.8 cm³/mol. The highest BCUT2D eigenvalue weighted by atomic mass is 32.1. The molecule has 118 valence electrons. The largest absolute Gasteiger partial charge is 0.451 e. The molecule has 0 radical (unpaired) electrons. The number of thiophene rings is 1. The van der Waals surface area contributed by atoms with Crippen LogP contribution in [0, 0.1) is 6.92 Å². The van der Waals surface area contributed by atoms with Gasteiger partial charge in [0.1, 0.15) is 11.7 Å². The van der Waals surface area contributed by atoms with Gasteiger partial charge in [0.2, 0.25) is 0 Å². The van der Waals surface area contributed by atoms with Crippen LogP contribution in [0.4, 0.5) is 0 Å². The van der Waals surface area contributed by atoms with Crippen molar-refractivity contribution in [1.82, 2.24) is 5.32 Å². The summed E-state index contributed by atoms with van der Waals surface area (Å²) in [6.45, 7) is 1.95. The van der Waals surface area contributed by atoms with Crippen molar-refractivity contribution in [3.63, 3.8) is 0 Å². The lowest BCUT2D eigenvalue weighted by Gasteiger charge is -2.11. The summed E-state index contributed by atoms with van der Waals surface area (Å²) in [5, 5.41) is 15.0. The first-order chi connectivity index (χ1) is 11.1. The highest BCUT2D eigenvalue weighted by Crippen LogP contribution is 2.23. The van der Waals surface area contributed by atoms with Crippen LogP contribution in [0.2, 0.25) is 0 Å². The molecule has 2 aromatic heterocycles. The van der Waals surface area contributed by atoms with Gasteiger partial charge in [0.25, 0.3) is 5.91 Å². The molecule has 0 saturated heterocycles. The quantitative estimate of drug-likeness (QED) is 0.771. The van der Waals surface area contributed by atoms with E-state index in [0.717, 1.165) is 10.4 Å². The molecule has 0 bridgehead atoms. The SMILES string of the molecule is Cc1ccsc1C(O)CNC(=O)c1cc(=O)c2ccccc2o1. The number of hydrogen-bond donors (Lipinski definition) is 2. The second-order valence-electron chi connectivity index (χ2n) is 5.16. The molecule has 23 heavy (non-hydrogen) atoms. The maximum atomic E-state index is 12.1. The molecular formula is C17H15NO4S. The molecule has 0 aliphatic rings. The molecule has 0 saturated carbocycles. The molecule has 0 aliphatic heterocycles. The van der Waals surface area contributed by atoms with Gasteiger partial charge >= 0.3 is 0 Å². The van der Waals surface area contributed by atoms with Crippen LogP contribution >= 0.6 is 11.3 Å². The minimum atomic E-state index is -0.786.